The lowest BCUT2D eigenvalue weighted by Gasteiger charge is -2.13. The van der Waals surface area contributed by atoms with Crippen molar-refractivity contribution in [2.45, 2.75) is 79.1 Å². The molecule has 0 unspecified atom stereocenters. The van der Waals surface area contributed by atoms with Crippen LogP contribution in [0.2, 0.25) is 0 Å². The molecule has 6 heteroatoms. The number of rotatable bonds is 5. The minimum Gasteiger partial charge on any atom is -0.493 e. The standard InChI is InChI=1S/C11H15N.C10H15NO2.C7H6N2.C2H6/c1-8(2)11-10(9-5-6-9)4-3-7-12-11;1-7(2)9-10(13-4)8(12-3)5-6-11-9;1-6-7(5-8)3-2-4-9-6;1-2/h3-4,7-9H,5-6H2,1-2H3;5-7H,1-4H3;2-4H,1H3;1-2H3. The van der Waals surface area contributed by atoms with Crippen LogP contribution in [0.3, 0.4) is 0 Å². The summed E-state index contributed by atoms with van der Waals surface area (Å²) in [7, 11) is 3.26. The maximum absolute atomic E-state index is 8.43. The summed E-state index contributed by atoms with van der Waals surface area (Å²) < 4.78 is 10.4. The third kappa shape index (κ3) is 9.30. The second kappa shape index (κ2) is 16.3. The van der Waals surface area contributed by atoms with Crippen LogP contribution >= 0.6 is 0 Å². The first-order valence-corrected chi connectivity index (χ1v) is 12.7. The van der Waals surface area contributed by atoms with E-state index in [0.29, 0.717) is 17.4 Å². The Morgan fingerprint density at radius 1 is 0.833 bits per heavy atom. The van der Waals surface area contributed by atoms with Crippen LogP contribution < -0.4 is 9.47 Å². The van der Waals surface area contributed by atoms with Gasteiger partial charge in [0.2, 0.25) is 0 Å². The van der Waals surface area contributed by atoms with Gasteiger partial charge in [0, 0.05) is 30.4 Å². The molecule has 0 saturated heterocycles. The minimum atomic E-state index is 0.338. The Balaban J connectivity index is 0.000000265. The Hall–Kier alpha value is -3.46. The first-order valence-electron chi connectivity index (χ1n) is 12.7. The summed E-state index contributed by atoms with van der Waals surface area (Å²) in [4.78, 5) is 12.6. The summed E-state index contributed by atoms with van der Waals surface area (Å²) in [6.45, 7) is 14.4. The fraction of sp³-hybridized carbons (Fsp3) is 0.467. The molecule has 0 atom stereocenters. The van der Waals surface area contributed by atoms with Crippen LogP contribution in [-0.4, -0.2) is 29.2 Å². The molecule has 1 aliphatic carbocycles. The second-order valence-electron chi connectivity index (χ2n) is 8.74. The molecule has 3 aromatic heterocycles. The predicted octanol–water partition coefficient (Wildman–Crippen LogP) is 7.59. The number of methoxy groups -OCH3 is 2. The maximum Gasteiger partial charge on any atom is 0.182 e. The van der Waals surface area contributed by atoms with Crippen molar-refractivity contribution >= 4 is 0 Å². The number of ether oxygens (including phenoxy) is 2. The molecule has 0 bridgehead atoms. The summed E-state index contributed by atoms with van der Waals surface area (Å²) in [5, 5.41) is 8.43. The van der Waals surface area contributed by atoms with Crippen LogP contribution in [0.5, 0.6) is 11.5 Å². The maximum atomic E-state index is 8.43. The molecule has 3 heterocycles. The molecular formula is C30H42N4O2. The van der Waals surface area contributed by atoms with Crippen molar-refractivity contribution in [1.82, 2.24) is 15.0 Å². The molecule has 0 aromatic carbocycles. The molecule has 36 heavy (non-hydrogen) atoms. The van der Waals surface area contributed by atoms with Crippen LogP contribution in [0.15, 0.2) is 48.9 Å². The van der Waals surface area contributed by atoms with Crippen molar-refractivity contribution in [3.63, 3.8) is 0 Å². The van der Waals surface area contributed by atoms with E-state index in [-0.39, 0.29) is 0 Å². The van der Waals surface area contributed by atoms with Gasteiger partial charge in [0.1, 0.15) is 6.07 Å². The average Bonchev–Trinajstić information content (AvgIpc) is 3.76. The van der Waals surface area contributed by atoms with Crippen LogP contribution in [0.25, 0.3) is 0 Å². The first-order chi connectivity index (χ1) is 17.3. The summed E-state index contributed by atoms with van der Waals surface area (Å²) >= 11 is 0. The van der Waals surface area contributed by atoms with Crippen molar-refractivity contribution in [3.8, 4) is 17.6 Å². The fourth-order valence-corrected chi connectivity index (χ4v) is 3.48. The highest BCUT2D eigenvalue weighted by atomic mass is 16.5. The number of aromatic nitrogens is 3. The van der Waals surface area contributed by atoms with E-state index in [1.54, 1.807) is 44.8 Å². The fourth-order valence-electron chi connectivity index (χ4n) is 3.48. The number of nitriles is 1. The Bertz CT molecular complexity index is 1070. The third-order valence-corrected chi connectivity index (χ3v) is 5.43. The van der Waals surface area contributed by atoms with Gasteiger partial charge in [0.25, 0.3) is 0 Å². The van der Waals surface area contributed by atoms with E-state index in [9.17, 15) is 0 Å². The second-order valence-corrected chi connectivity index (χ2v) is 8.74. The molecule has 0 spiro atoms. The van der Waals surface area contributed by atoms with Gasteiger partial charge < -0.3 is 9.47 Å². The molecule has 0 radical (unpaired) electrons. The molecule has 1 saturated carbocycles. The molecule has 194 valence electrons. The zero-order valence-corrected chi connectivity index (χ0v) is 23.4. The predicted molar refractivity (Wildman–Crippen MR) is 147 cm³/mol. The molecule has 0 aliphatic heterocycles. The Labute approximate surface area is 217 Å². The van der Waals surface area contributed by atoms with Gasteiger partial charge >= 0.3 is 0 Å². The van der Waals surface area contributed by atoms with Gasteiger partial charge in [-0.05, 0) is 61.3 Å². The van der Waals surface area contributed by atoms with E-state index in [0.717, 1.165) is 28.8 Å². The number of pyridine rings is 3. The van der Waals surface area contributed by atoms with E-state index in [1.165, 1.54) is 24.1 Å². The van der Waals surface area contributed by atoms with Gasteiger partial charge in [-0.25, -0.2) is 0 Å². The van der Waals surface area contributed by atoms with Gasteiger partial charge in [0.15, 0.2) is 11.5 Å². The Kier molecular flexibility index (Phi) is 13.8. The highest BCUT2D eigenvalue weighted by Crippen LogP contribution is 2.42. The smallest absolute Gasteiger partial charge is 0.182 e. The van der Waals surface area contributed by atoms with Crippen LogP contribution in [0.4, 0.5) is 0 Å². The van der Waals surface area contributed by atoms with Gasteiger partial charge in [-0.15, -0.1) is 0 Å². The third-order valence-electron chi connectivity index (χ3n) is 5.43. The Morgan fingerprint density at radius 3 is 1.89 bits per heavy atom. The monoisotopic (exact) mass is 490 g/mol. The quantitative estimate of drug-likeness (QED) is 0.366. The number of hydrogen-bond acceptors (Lipinski definition) is 6. The zero-order chi connectivity index (χ0) is 27.1. The molecule has 6 nitrogen and oxygen atoms in total. The highest BCUT2D eigenvalue weighted by Gasteiger charge is 2.26. The van der Waals surface area contributed by atoms with Gasteiger partial charge in [-0.3, -0.25) is 15.0 Å². The molecule has 0 amide bonds. The molecule has 0 N–H and O–H groups in total. The molecule has 1 fully saturated rings. The van der Waals surface area contributed by atoms with E-state index in [1.807, 2.05) is 33.0 Å². The first kappa shape index (κ1) is 30.6. The van der Waals surface area contributed by atoms with E-state index in [2.05, 4.69) is 54.8 Å². The van der Waals surface area contributed by atoms with Crippen molar-refractivity contribution in [2.75, 3.05) is 14.2 Å². The Morgan fingerprint density at radius 2 is 1.42 bits per heavy atom. The zero-order valence-electron chi connectivity index (χ0n) is 23.4. The van der Waals surface area contributed by atoms with E-state index < -0.39 is 0 Å². The van der Waals surface area contributed by atoms with Gasteiger partial charge in [0.05, 0.1) is 31.2 Å². The number of hydrogen-bond donors (Lipinski definition) is 0. The van der Waals surface area contributed by atoms with Crippen molar-refractivity contribution in [3.05, 3.63) is 77.1 Å². The lowest BCUT2D eigenvalue weighted by Crippen LogP contribution is -1.99. The summed E-state index contributed by atoms with van der Waals surface area (Å²) in [6, 6.07) is 11.6. The van der Waals surface area contributed by atoms with Crippen LogP contribution in [0.1, 0.15) is 100 Å². The summed E-state index contributed by atoms with van der Waals surface area (Å²) in [5.41, 5.74) is 5.17. The normalized spacial score (nSPS) is 11.6. The van der Waals surface area contributed by atoms with Crippen molar-refractivity contribution in [2.24, 2.45) is 0 Å². The molecule has 3 aromatic rings. The minimum absolute atomic E-state index is 0.338. The van der Waals surface area contributed by atoms with E-state index >= 15 is 0 Å². The molecule has 1 aliphatic rings. The molecular weight excluding hydrogens is 448 g/mol. The van der Waals surface area contributed by atoms with Crippen molar-refractivity contribution < 1.29 is 9.47 Å². The van der Waals surface area contributed by atoms with Crippen LogP contribution in [0, 0.1) is 18.3 Å². The van der Waals surface area contributed by atoms with Gasteiger partial charge in [-0.1, -0.05) is 47.6 Å². The average molecular weight is 491 g/mol. The molecule has 4 rings (SSSR count). The van der Waals surface area contributed by atoms with E-state index in [4.69, 9.17) is 14.7 Å². The highest BCUT2D eigenvalue weighted by molar-refractivity contribution is 5.43. The largest absolute Gasteiger partial charge is 0.493 e. The topological polar surface area (TPSA) is 80.9 Å². The number of aryl methyl sites for hydroxylation is 1. The lowest BCUT2D eigenvalue weighted by molar-refractivity contribution is 0.348. The van der Waals surface area contributed by atoms with Crippen LogP contribution in [-0.2, 0) is 0 Å². The van der Waals surface area contributed by atoms with Crippen molar-refractivity contribution in [1.29, 1.82) is 5.26 Å². The SMILES string of the molecule is CC.CC(C)c1ncccc1C1CC1.COc1ccnc(C(C)C)c1OC.Cc1ncccc1C#N. The number of nitrogens with zero attached hydrogens (tertiary/aromatic N) is 4. The summed E-state index contributed by atoms with van der Waals surface area (Å²) in [5.74, 6) is 3.21. The van der Waals surface area contributed by atoms with Gasteiger partial charge in [-0.2, -0.15) is 5.26 Å². The summed E-state index contributed by atoms with van der Waals surface area (Å²) in [6.07, 6.45) is 8.05. The lowest BCUT2D eigenvalue weighted by atomic mass is 10.0.